The summed E-state index contributed by atoms with van der Waals surface area (Å²) in [7, 11) is 0. The summed E-state index contributed by atoms with van der Waals surface area (Å²) in [6.07, 6.45) is 5.98. The number of nitrogens with two attached hydrogens (primary N) is 1. The van der Waals surface area contributed by atoms with Crippen LogP contribution in [0.25, 0.3) is 11.2 Å². The fraction of sp³-hybridized carbons (Fsp3) is 0.308. The molecular weight excluding hydrogens is 274 g/mol. The molecule has 0 aliphatic heterocycles. The third-order valence-electron chi connectivity index (χ3n) is 3.04. The SMILES string of the molecule is Cc1occc1SCCCn1cnc2c(N)ncnc21. The lowest BCUT2D eigenvalue weighted by atomic mass is 10.4. The standard InChI is InChI=1S/C13H15N5OS/c1-9-10(3-5-19-9)20-6-2-4-18-8-17-11-12(14)15-7-16-13(11)18/h3,5,7-8H,2,4,6H2,1H3,(H2,14,15,16). The van der Waals surface area contributed by atoms with Crippen molar-refractivity contribution in [3.63, 3.8) is 0 Å². The maximum absolute atomic E-state index is 5.76. The number of hydrogen-bond acceptors (Lipinski definition) is 6. The number of nitrogens with zero attached hydrogens (tertiary/aromatic N) is 4. The molecule has 0 aliphatic carbocycles. The molecule has 0 bridgehead atoms. The Hall–Kier alpha value is -2.02. The van der Waals surface area contributed by atoms with Crippen molar-refractivity contribution >= 4 is 28.7 Å². The molecule has 104 valence electrons. The van der Waals surface area contributed by atoms with Gasteiger partial charge in [0.05, 0.1) is 12.6 Å². The molecule has 0 amide bonds. The van der Waals surface area contributed by atoms with Gasteiger partial charge in [-0.2, -0.15) is 0 Å². The fourth-order valence-electron chi connectivity index (χ4n) is 2.00. The minimum absolute atomic E-state index is 0.428. The van der Waals surface area contributed by atoms with Gasteiger partial charge in [0, 0.05) is 11.4 Å². The van der Waals surface area contributed by atoms with Crippen LogP contribution in [0.15, 0.2) is 34.3 Å². The Morgan fingerprint density at radius 2 is 2.25 bits per heavy atom. The summed E-state index contributed by atoms with van der Waals surface area (Å²) in [5.41, 5.74) is 7.23. The molecule has 0 aliphatic rings. The molecular formula is C13H15N5OS. The molecule has 2 N–H and O–H groups in total. The molecule has 3 aromatic heterocycles. The van der Waals surface area contributed by atoms with Gasteiger partial charge in [-0.3, -0.25) is 0 Å². The van der Waals surface area contributed by atoms with Crippen LogP contribution in [0.5, 0.6) is 0 Å². The van der Waals surface area contributed by atoms with Crippen LogP contribution in [0.4, 0.5) is 5.82 Å². The second kappa shape index (κ2) is 5.54. The van der Waals surface area contributed by atoms with E-state index in [9.17, 15) is 0 Å². The lowest BCUT2D eigenvalue weighted by Crippen LogP contribution is -2.00. The number of aromatic nitrogens is 4. The Labute approximate surface area is 120 Å². The zero-order chi connectivity index (χ0) is 13.9. The summed E-state index contributed by atoms with van der Waals surface area (Å²) in [5, 5.41) is 0. The van der Waals surface area contributed by atoms with Crippen LogP contribution in [-0.4, -0.2) is 25.3 Å². The number of furan rings is 1. The largest absolute Gasteiger partial charge is 0.468 e. The molecule has 20 heavy (non-hydrogen) atoms. The van der Waals surface area contributed by atoms with Gasteiger partial charge in [0.2, 0.25) is 0 Å². The highest BCUT2D eigenvalue weighted by atomic mass is 32.2. The topological polar surface area (TPSA) is 82.8 Å². The molecule has 0 radical (unpaired) electrons. The van der Waals surface area contributed by atoms with E-state index in [0.717, 1.165) is 30.1 Å². The number of anilines is 1. The molecule has 7 heteroatoms. The highest BCUT2D eigenvalue weighted by Gasteiger charge is 2.07. The van der Waals surface area contributed by atoms with Gasteiger partial charge in [-0.25, -0.2) is 15.0 Å². The van der Waals surface area contributed by atoms with Gasteiger partial charge < -0.3 is 14.7 Å². The van der Waals surface area contributed by atoms with Crippen LogP contribution in [0.2, 0.25) is 0 Å². The van der Waals surface area contributed by atoms with Crippen LogP contribution in [-0.2, 0) is 6.54 Å². The average Bonchev–Trinajstić information content (AvgIpc) is 3.03. The fourth-order valence-corrected chi connectivity index (χ4v) is 2.90. The molecule has 3 aromatic rings. The van der Waals surface area contributed by atoms with Gasteiger partial charge in [-0.05, 0) is 25.2 Å². The maximum atomic E-state index is 5.76. The van der Waals surface area contributed by atoms with E-state index in [2.05, 4.69) is 15.0 Å². The first kappa shape index (κ1) is 13.0. The third-order valence-corrected chi connectivity index (χ3v) is 4.27. The predicted octanol–water partition coefficient (Wildman–Crippen LogP) is 2.49. The number of nitrogen functional groups attached to an aromatic ring is 1. The van der Waals surface area contributed by atoms with Crippen LogP contribution in [0, 0.1) is 6.92 Å². The molecule has 3 heterocycles. The monoisotopic (exact) mass is 289 g/mol. The number of rotatable bonds is 5. The first-order chi connectivity index (χ1) is 9.75. The van der Waals surface area contributed by atoms with Gasteiger partial charge in [0.15, 0.2) is 11.5 Å². The molecule has 0 aromatic carbocycles. The van der Waals surface area contributed by atoms with Crippen LogP contribution in [0.1, 0.15) is 12.2 Å². The Bertz CT molecular complexity index is 720. The Balaban J connectivity index is 1.60. The zero-order valence-electron chi connectivity index (χ0n) is 11.1. The molecule has 0 spiro atoms. The Kier molecular flexibility index (Phi) is 3.60. The first-order valence-electron chi connectivity index (χ1n) is 6.34. The summed E-state index contributed by atoms with van der Waals surface area (Å²) in [6.45, 7) is 2.84. The third kappa shape index (κ3) is 2.49. The van der Waals surface area contributed by atoms with E-state index >= 15 is 0 Å². The van der Waals surface area contributed by atoms with Crippen LogP contribution >= 0.6 is 11.8 Å². The summed E-state index contributed by atoms with van der Waals surface area (Å²) in [4.78, 5) is 13.6. The van der Waals surface area contributed by atoms with E-state index < -0.39 is 0 Å². The minimum Gasteiger partial charge on any atom is -0.468 e. The van der Waals surface area contributed by atoms with Crippen molar-refractivity contribution in [3.05, 3.63) is 30.7 Å². The Morgan fingerprint density at radius 3 is 3.05 bits per heavy atom. The number of thioether (sulfide) groups is 1. The summed E-state index contributed by atoms with van der Waals surface area (Å²) in [5.74, 6) is 2.42. The molecule has 0 saturated heterocycles. The lowest BCUT2D eigenvalue weighted by molar-refractivity contribution is 0.527. The highest BCUT2D eigenvalue weighted by Crippen LogP contribution is 2.24. The molecule has 0 saturated carbocycles. The van der Waals surface area contributed by atoms with Crippen molar-refractivity contribution in [3.8, 4) is 0 Å². The van der Waals surface area contributed by atoms with Gasteiger partial charge in [0.1, 0.15) is 17.6 Å². The van der Waals surface area contributed by atoms with E-state index in [1.54, 1.807) is 24.4 Å². The van der Waals surface area contributed by atoms with Gasteiger partial charge in [0.25, 0.3) is 0 Å². The van der Waals surface area contributed by atoms with Crippen molar-refractivity contribution in [2.45, 2.75) is 24.8 Å². The number of hydrogen-bond donors (Lipinski definition) is 1. The zero-order valence-corrected chi connectivity index (χ0v) is 11.9. The second-order valence-corrected chi connectivity index (χ2v) is 5.55. The van der Waals surface area contributed by atoms with Crippen molar-refractivity contribution < 1.29 is 4.42 Å². The molecule has 0 unspecified atom stereocenters. The van der Waals surface area contributed by atoms with Crippen molar-refractivity contribution in [1.82, 2.24) is 19.5 Å². The summed E-state index contributed by atoms with van der Waals surface area (Å²) < 4.78 is 7.28. The smallest absolute Gasteiger partial charge is 0.165 e. The average molecular weight is 289 g/mol. The van der Waals surface area contributed by atoms with Crippen molar-refractivity contribution in [1.29, 1.82) is 0 Å². The molecule has 0 fully saturated rings. The second-order valence-electron chi connectivity index (χ2n) is 4.41. The van der Waals surface area contributed by atoms with E-state index in [1.807, 2.05) is 17.6 Å². The van der Waals surface area contributed by atoms with E-state index in [1.165, 1.54) is 11.2 Å². The van der Waals surface area contributed by atoms with E-state index in [4.69, 9.17) is 10.2 Å². The maximum Gasteiger partial charge on any atom is 0.165 e. The first-order valence-corrected chi connectivity index (χ1v) is 7.32. The van der Waals surface area contributed by atoms with E-state index in [-0.39, 0.29) is 0 Å². The minimum atomic E-state index is 0.428. The quantitative estimate of drug-likeness (QED) is 0.574. The van der Waals surface area contributed by atoms with E-state index in [0.29, 0.717) is 11.3 Å². The van der Waals surface area contributed by atoms with Crippen molar-refractivity contribution in [2.75, 3.05) is 11.5 Å². The molecule has 0 atom stereocenters. The normalized spacial score (nSPS) is 11.2. The lowest BCUT2D eigenvalue weighted by Gasteiger charge is -2.03. The summed E-state index contributed by atoms with van der Waals surface area (Å²) >= 11 is 1.80. The number of imidazole rings is 1. The molecule has 3 rings (SSSR count). The van der Waals surface area contributed by atoms with Crippen LogP contribution in [0.3, 0.4) is 0 Å². The predicted molar refractivity (Wildman–Crippen MR) is 78.5 cm³/mol. The van der Waals surface area contributed by atoms with Crippen molar-refractivity contribution in [2.24, 2.45) is 0 Å². The highest BCUT2D eigenvalue weighted by molar-refractivity contribution is 7.99. The summed E-state index contributed by atoms with van der Waals surface area (Å²) in [6, 6.07) is 2.00. The van der Waals surface area contributed by atoms with Crippen LogP contribution < -0.4 is 5.73 Å². The number of aryl methyl sites for hydroxylation is 2. The molecule has 6 nitrogen and oxygen atoms in total. The van der Waals surface area contributed by atoms with Gasteiger partial charge in [-0.1, -0.05) is 0 Å². The van der Waals surface area contributed by atoms with Gasteiger partial charge >= 0.3 is 0 Å². The Morgan fingerprint density at radius 1 is 1.35 bits per heavy atom. The van der Waals surface area contributed by atoms with Gasteiger partial charge in [-0.15, -0.1) is 11.8 Å². The number of fused-ring (bicyclic) bond motifs is 1.